The Bertz CT molecular complexity index is 544. The van der Waals surface area contributed by atoms with Crippen LogP contribution in [-0.2, 0) is 15.0 Å². The smallest absolute Gasteiger partial charge is 0.314 e. The fourth-order valence-electron chi connectivity index (χ4n) is 2.18. The standard InChI is InChI=1S/C16H18O3S/c1-12(17)20-10-3-2-5-13-6-4-7-14(11-13)16(8-9-16)15(18)19/h2,4-7,11H,3,8-10H2,1H3,(H,18,19). The molecule has 0 atom stereocenters. The molecule has 106 valence electrons. The second kappa shape index (κ2) is 6.27. The van der Waals surface area contributed by atoms with Crippen LogP contribution in [-0.4, -0.2) is 21.9 Å². The first-order chi connectivity index (χ1) is 9.54. The molecule has 1 saturated carbocycles. The van der Waals surface area contributed by atoms with Crippen molar-refractivity contribution in [3.05, 3.63) is 41.5 Å². The van der Waals surface area contributed by atoms with Gasteiger partial charge in [0.05, 0.1) is 5.41 Å². The SMILES string of the molecule is CC(=O)SCCC=Cc1cccc(C2(C(=O)O)CC2)c1. The predicted octanol–water partition coefficient (Wildman–Crippen LogP) is 3.49. The van der Waals surface area contributed by atoms with E-state index in [0.717, 1.165) is 36.1 Å². The number of carbonyl (C=O) groups is 2. The topological polar surface area (TPSA) is 54.4 Å². The van der Waals surface area contributed by atoms with Crippen molar-refractivity contribution in [1.82, 2.24) is 0 Å². The first-order valence-corrected chi connectivity index (χ1v) is 7.67. The van der Waals surface area contributed by atoms with Crippen LogP contribution in [0.15, 0.2) is 30.3 Å². The van der Waals surface area contributed by atoms with Gasteiger partial charge in [0.25, 0.3) is 0 Å². The van der Waals surface area contributed by atoms with Gasteiger partial charge in [-0.15, -0.1) is 0 Å². The van der Waals surface area contributed by atoms with Crippen molar-refractivity contribution in [2.75, 3.05) is 5.75 Å². The molecule has 1 aromatic carbocycles. The van der Waals surface area contributed by atoms with Gasteiger partial charge >= 0.3 is 5.97 Å². The molecule has 0 radical (unpaired) electrons. The van der Waals surface area contributed by atoms with Gasteiger partial charge in [-0.1, -0.05) is 48.2 Å². The van der Waals surface area contributed by atoms with Crippen LogP contribution in [0.4, 0.5) is 0 Å². The molecule has 1 aliphatic carbocycles. The molecule has 20 heavy (non-hydrogen) atoms. The van der Waals surface area contributed by atoms with E-state index in [1.54, 1.807) is 6.92 Å². The average Bonchev–Trinajstić information content (AvgIpc) is 3.20. The minimum atomic E-state index is -0.725. The second-order valence-electron chi connectivity index (χ2n) is 5.04. The van der Waals surface area contributed by atoms with E-state index in [1.807, 2.05) is 36.4 Å². The maximum atomic E-state index is 11.3. The molecule has 0 bridgehead atoms. The molecule has 2 rings (SSSR count). The lowest BCUT2D eigenvalue weighted by atomic mass is 9.94. The molecule has 0 spiro atoms. The summed E-state index contributed by atoms with van der Waals surface area (Å²) in [6.45, 7) is 1.57. The van der Waals surface area contributed by atoms with E-state index in [4.69, 9.17) is 0 Å². The van der Waals surface area contributed by atoms with Crippen LogP contribution in [0.5, 0.6) is 0 Å². The van der Waals surface area contributed by atoms with Crippen LogP contribution in [0.3, 0.4) is 0 Å². The number of allylic oxidation sites excluding steroid dienone is 1. The third kappa shape index (κ3) is 3.51. The molecule has 1 N–H and O–H groups in total. The average molecular weight is 290 g/mol. The highest BCUT2D eigenvalue weighted by atomic mass is 32.2. The number of carbonyl (C=O) groups excluding carboxylic acids is 1. The molecule has 0 aromatic heterocycles. The highest BCUT2D eigenvalue weighted by Crippen LogP contribution is 2.48. The molecule has 0 saturated heterocycles. The third-order valence-corrected chi connectivity index (χ3v) is 4.35. The number of rotatable bonds is 6. The van der Waals surface area contributed by atoms with E-state index < -0.39 is 11.4 Å². The summed E-state index contributed by atoms with van der Waals surface area (Å²) >= 11 is 1.32. The maximum Gasteiger partial charge on any atom is 0.314 e. The number of carboxylic acid groups (broad SMARTS) is 1. The summed E-state index contributed by atoms with van der Waals surface area (Å²) in [5.41, 5.74) is 1.27. The van der Waals surface area contributed by atoms with Gasteiger partial charge < -0.3 is 5.11 Å². The van der Waals surface area contributed by atoms with Crippen LogP contribution in [0.25, 0.3) is 6.08 Å². The van der Waals surface area contributed by atoms with Crippen molar-refractivity contribution in [2.24, 2.45) is 0 Å². The monoisotopic (exact) mass is 290 g/mol. The molecular formula is C16H18O3S. The van der Waals surface area contributed by atoms with E-state index in [2.05, 4.69) is 0 Å². The minimum Gasteiger partial charge on any atom is -0.481 e. The Labute approximate surface area is 123 Å². The normalized spacial score (nSPS) is 16.2. The Morgan fingerprint density at radius 3 is 2.75 bits per heavy atom. The Hall–Kier alpha value is -1.55. The summed E-state index contributed by atoms with van der Waals surface area (Å²) in [5.74, 6) is 0.0569. The van der Waals surface area contributed by atoms with Crippen LogP contribution in [0, 0.1) is 0 Å². The van der Waals surface area contributed by atoms with Gasteiger partial charge in [0.2, 0.25) is 0 Å². The van der Waals surface area contributed by atoms with Crippen molar-refractivity contribution in [3.8, 4) is 0 Å². The Morgan fingerprint density at radius 1 is 1.40 bits per heavy atom. The quantitative estimate of drug-likeness (QED) is 0.815. The largest absolute Gasteiger partial charge is 0.481 e. The molecule has 0 aliphatic heterocycles. The zero-order valence-corrected chi connectivity index (χ0v) is 12.3. The van der Waals surface area contributed by atoms with E-state index in [9.17, 15) is 14.7 Å². The van der Waals surface area contributed by atoms with Crippen LogP contribution < -0.4 is 0 Å². The molecule has 4 heteroatoms. The Morgan fingerprint density at radius 2 is 2.15 bits per heavy atom. The molecule has 1 fully saturated rings. The number of hydrogen-bond acceptors (Lipinski definition) is 3. The summed E-state index contributed by atoms with van der Waals surface area (Å²) in [6.07, 6.45) is 6.30. The van der Waals surface area contributed by atoms with E-state index in [1.165, 1.54) is 11.8 Å². The Balaban J connectivity index is 1.98. The van der Waals surface area contributed by atoms with Gasteiger partial charge in [0.1, 0.15) is 0 Å². The lowest BCUT2D eigenvalue weighted by molar-refractivity contribution is -0.140. The van der Waals surface area contributed by atoms with Gasteiger partial charge in [-0.25, -0.2) is 0 Å². The molecule has 1 aromatic rings. The van der Waals surface area contributed by atoms with Crippen molar-refractivity contribution >= 4 is 28.9 Å². The lowest BCUT2D eigenvalue weighted by Gasteiger charge is -2.10. The minimum absolute atomic E-state index is 0.137. The summed E-state index contributed by atoms with van der Waals surface area (Å²) in [7, 11) is 0. The molecule has 0 unspecified atom stereocenters. The Kier molecular flexibility index (Phi) is 4.65. The summed E-state index contributed by atoms with van der Waals surface area (Å²) < 4.78 is 0. The first kappa shape index (κ1) is 14.9. The molecule has 0 amide bonds. The third-order valence-electron chi connectivity index (χ3n) is 3.50. The number of thioether (sulfide) groups is 1. The van der Waals surface area contributed by atoms with Crippen LogP contribution >= 0.6 is 11.8 Å². The molecule has 0 heterocycles. The van der Waals surface area contributed by atoms with Crippen molar-refractivity contribution in [2.45, 2.75) is 31.6 Å². The zero-order chi connectivity index (χ0) is 14.6. The van der Waals surface area contributed by atoms with Gasteiger partial charge in [0.15, 0.2) is 5.12 Å². The number of carboxylic acids is 1. The lowest BCUT2D eigenvalue weighted by Crippen LogP contribution is -2.19. The van der Waals surface area contributed by atoms with Gasteiger partial charge in [-0.05, 0) is 30.4 Å². The summed E-state index contributed by atoms with van der Waals surface area (Å²) in [5, 5.41) is 9.43. The van der Waals surface area contributed by atoms with E-state index in [-0.39, 0.29) is 5.12 Å². The molecule has 3 nitrogen and oxygen atoms in total. The number of benzene rings is 1. The van der Waals surface area contributed by atoms with Crippen molar-refractivity contribution in [3.63, 3.8) is 0 Å². The first-order valence-electron chi connectivity index (χ1n) is 6.68. The second-order valence-corrected chi connectivity index (χ2v) is 6.32. The fraction of sp³-hybridized carbons (Fsp3) is 0.375. The number of hydrogen-bond donors (Lipinski definition) is 1. The molecular weight excluding hydrogens is 272 g/mol. The van der Waals surface area contributed by atoms with E-state index >= 15 is 0 Å². The zero-order valence-electron chi connectivity index (χ0n) is 11.5. The van der Waals surface area contributed by atoms with Gasteiger partial charge in [-0.3, -0.25) is 9.59 Å². The van der Waals surface area contributed by atoms with Crippen LogP contribution in [0.2, 0.25) is 0 Å². The highest BCUT2D eigenvalue weighted by Gasteiger charge is 2.51. The predicted molar refractivity (Wildman–Crippen MR) is 81.8 cm³/mol. The fourth-order valence-corrected chi connectivity index (χ4v) is 2.72. The maximum absolute atomic E-state index is 11.3. The summed E-state index contributed by atoms with van der Waals surface area (Å²) in [6, 6.07) is 7.72. The van der Waals surface area contributed by atoms with Crippen LogP contribution in [0.1, 0.15) is 37.3 Å². The van der Waals surface area contributed by atoms with Crippen molar-refractivity contribution < 1.29 is 14.7 Å². The molecule has 1 aliphatic rings. The van der Waals surface area contributed by atoms with Gasteiger partial charge in [0, 0.05) is 12.7 Å². The highest BCUT2D eigenvalue weighted by molar-refractivity contribution is 8.13. The van der Waals surface area contributed by atoms with Gasteiger partial charge in [-0.2, -0.15) is 0 Å². The van der Waals surface area contributed by atoms with E-state index in [0.29, 0.717) is 0 Å². The summed E-state index contributed by atoms with van der Waals surface area (Å²) in [4.78, 5) is 22.1. The number of aliphatic carboxylic acids is 1. The van der Waals surface area contributed by atoms with Crippen molar-refractivity contribution in [1.29, 1.82) is 0 Å².